The molecule has 0 unspecified atom stereocenters. The minimum absolute atomic E-state index is 0.00115. The normalized spacial score (nSPS) is 13.4. The number of aryl methyl sites for hydroxylation is 1. The summed E-state index contributed by atoms with van der Waals surface area (Å²) in [5, 5.41) is 11.2. The molecule has 0 spiro atoms. The van der Waals surface area contributed by atoms with Crippen LogP contribution in [0.5, 0.6) is 5.75 Å². The number of non-ortho nitro benzene ring substituents is 1. The van der Waals surface area contributed by atoms with Crippen molar-refractivity contribution >= 4 is 23.5 Å². The van der Waals surface area contributed by atoms with Gasteiger partial charge in [-0.1, -0.05) is 12.1 Å². The van der Waals surface area contributed by atoms with Gasteiger partial charge in [0.2, 0.25) is 5.91 Å². The van der Waals surface area contributed by atoms with Gasteiger partial charge in [0, 0.05) is 50.3 Å². The van der Waals surface area contributed by atoms with Gasteiger partial charge in [0.15, 0.2) is 0 Å². The van der Waals surface area contributed by atoms with Crippen LogP contribution in [0.3, 0.4) is 0 Å². The van der Waals surface area contributed by atoms with Crippen LogP contribution < -0.4 is 4.74 Å². The highest BCUT2D eigenvalue weighted by atomic mass is 16.6. The van der Waals surface area contributed by atoms with Gasteiger partial charge >= 0.3 is 5.97 Å². The van der Waals surface area contributed by atoms with Gasteiger partial charge in [0.1, 0.15) is 5.75 Å². The second-order valence-electron chi connectivity index (χ2n) is 7.54. The summed E-state index contributed by atoms with van der Waals surface area (Å²) < 4.78 is 9.75. The molecule has 10 heteroatoms. The number of nitro groups is 1. The van der Waals surface area contributed by atoms with Crippen LogP contribution in [-0.4, -0.2) is 72.9 Å². The molecule has 10 nitrogen and oxygen atoms in total. The number of esters is 1. The summed E-state index contributed by atoms with van der Waals surface area (Å²) in [5.41, 5.74) is 0.630. The van der Waals surface area contributed by atoms with Gasteiger partial charge in [0.25, 0.3) is 11.6 Å². The van der Waals surface area contributed by atoms with Crippen molar-refractivity contribution in [2.75, 3.05) is 40.4 Å². The molecule has 2 aromatic carbocycles. The first-order valence-electron chi connectivity index (χ1n) is 10.4. The molecule has 0 aliphatic carbocycles. The Morgan fingerprint density at radius 1 is 0.939 bits per heavy atom. The molecule has 174 valence electrons. The van der Waals surface area contributed by atoms with Crippen LogP contribution in [-0.2, 0) is 16.0 Å². The van der Waals surface area contributed by atoms with Gasteiger partial charge in [-0.3, -0.25) is 19.7 Å². The molecule has 1 heterocycles. The van der Waals surface area contributed by atoms with Crippen LogP contribution >= 0.6 is 0 Å². The number of rotatable bonds is 7. The fraction of sp³-hybridized carbons (Fsp3) is 0.348. The van der Waals surface area contributed by atoms with E-state index in [2.05, 4.69) is 4.74 Å². The van der Waals surface area contributed by atoms with Gasteiger partial charge in [-0.25, -0.2) is 4.79 Å². The summed E-state index contributed by atoms with van der Waals surface area (Å²) in [7, 11) is 2.76. The fourth-order valence-electron chi connectivity index (χ4n) is 3.62. The van der Waals surface area contributed by atoms with E-state index in [1.165, 1.54) is 11.0 Å². The molecule has 3 rings (SSSR count). The van der Waals surface area contributed by atoms with Crippen LogP contribution in [0, 0.1) is 10.1 Å². The van der Waals surface area contributed by atoms with Crippen LogP contribution in [0.2, 0.25) is 0 Å². The number of hydrogen-bond acceptors (Lipinski definition) is 7. The van der Waals surface area contributed by atoms with Crippen LogP contribution in [0.25, 0.3) is 0 Å². The number of hydrogen-bond donors (Lipinski definition) is 0. The smallest absolute Gasteiger partial charge is 0.338 e. The molecule has 0 aromatic heterocycles. The van der Waals surface area contributed by atoms with E-state index in [0.29, 0.717) is 39.0 Å². The van der Waals surface area contributed by atoms with Crippen molar-refractivity contribution in [2.24, 2.45) is 0 Å². The molecule has 0 radical (unpaired) electrons. The number of benzene rings is 2. The Balaban J connectivity index is 1.59. The third-order valence-electron chi connectivity index (χ3n) is 5.50. The average Bonchev–Trinajstić information content (AvgIpc) is 2.86. The van der Waals surface area contributed by atoms with Gasteiger partial charge in [-0.05, 0) is 30.2 Å². The quantitative estimate of drug-likeness (QED) is 0.357. The van der Waals surface area contributed by atoms with Crippen molar-refractivity contribution in [3.63, 3.8) is 0 Å². The minimum atomic E-state index is -0.764. The number of nitrogens with zero attached hydrogens (tertiary/aromatic N) is 3. The molecule has 1 aliphatic rings. The van der Waals surface area contributed by atoms with Crippen molar-refractivity contribution in [2.45, 2.75) is 12.8 Å². The summed E-state index contributed by atoms with van der Waals surface area (Å²) in [6, 6.07) is 11.0. The molecule has 1 fully saturated rings. The average molecular weight is 455 g/mol. The second-order valence-corrected chi connectivity index (χ2v) is 7.54. The Labute approximate surface area is 190 Å². The molecule has 2 amide bonds. The van der Waals surface area contributed by atoms with E-state index in [1.54, 1.807) is 12.0 Å². The second kappa shape index (κ2) is 10.6. The van der Waals surface area contributed by atoms with E-state index >= 15 is 0 Å². The highest BCUT2D eigenvalue weighted by molar-refractivity contribution is 5.99. The number of carbonyl (C=O) groups excluding carboxylic acids is 3. The van der Waals surface area contributed by atoms with Crippen LogP contribution in [0.4, 0.5) is 5.69 Å². The molecular formula is C23H25N3O7. The zero-order valence-corrected chi connectivity index (χ0v) is 18.5. The van der Waals surface area contributed by atoms with Gasteiger partial charge in [-0.2, -0.15) is 0 Å². The summed E-state index contributed by atoms with van der Waals surface area (Å²) >= 11 is 0. The highest BCUT2D eigenvalue weighted by Gasteiger charge is 2.27. The topological polar surface area (TPSA) is 119 Å². The number of piperazine rings is 1. The zero-order valence-electron chi connectivity index (χ0n) is 18.5. The summed E-state index contributed by atoms with van der Waals surface area (Å²) in [5.74, 6) is -0.441. The van der Waals surface area contributed by atoms with E-state index in [9.17, 15) is 24.5 Å². The SMILES string of the molecule is COC(=O)c1cc(C(=O)N2CCN(C(=O)CCc3ccc(OC)cc3)CC2)cc([N+](=O)[O-])c1. The zero-order chi connectivity index (χ0) is 24.0. The predicted octanol–water partition coefficient (Wildman–Crippen LogP) is 2.31. The largest absolute Gasteiger partial charge is 0.497 e. The van der Waals surface area contributed by atoms with Crippen molar-refractivity contribution in [3.05, 3.63) is 69.3 Å². The number of ether oxygens (including phenoxy) is 2. The first-order chi connectivity index (χ1) is 15.8. The van der Waals surface area contributed by atoms with Crippen molar-refractivity contribution in [1.82, 2.24) is 9.80 Å². The van der Waals surface area contributed by atoms with Crippen molar-refractivity contribution < 1.29 is 28.8 Å². The molecule has 1 aliphatic heterocycles. The first-order valence-corrected chi connectivity index (χ1v) is 10.4. The van der Waals surface area contributed by atoms with Crippen LogP contribution in [0.15, 0.2) is 42.5 Å². The Bertz CT molecular complexity index is 1040. The molecule has 33 heavy (non-hydrogen) atoms. The molecule has 0 saturated carbocycles. The number of carbonyl (C=O) groups is 3. The van der Waals surface area contributed by atoms with E-state index in [4.69, 9.17) is 4.74 Å². The maximum Gasteiger partial charge on any atom is 0.338 e. The van der Waals surface area contributed by atoms with Crippen LogP contribution in [0.1, 0.15) is 32.7 Å². The fourth-order valence-corrected chi connectivity index (χ4v) is 3.62. The van der Waals surface area contributed by atoms with Gasteiger partial charge < -0.3 is 19.3 Å². The van der Waals surface area contributed by atoms with E-state index < -0.39 is 16.8 Å². The third kappa shape index (κ3) is 5.85. The first kappa shape index (κ1) is 23.7. The molecular weight excluding hydrogens is 430 g/mol. The maximum absolute atomic E-state index is 12.9. The predicted molar refractivity (Wildman–Crippen MR) is 118 cm³/mol. The van der Waals surface area contributed by atoms with Gasteiger partial charge in [-0.15, -0.1) is 0 Å². The summed E-state index contributed by atoms with van der Waals surface area (Å²) in [6.45, 7) is 1.32. The lowest BCUT2D eigenvalue weighted by molar-refractivity contribution is -0.384. The molecule has 0 N–H and O–H groups in total. The van der Waals surface area contributed by atoms with E-state index in [-0.39, 0.29) is 22.7 Å². The Morgan fingerprint density at radius 2 is 1.55 bits per heavy atom. The minimum Gasteiger partial charge on any atom is -0.497 e. The standard InChI is InChI=1S/C23H25N3O7/c1-32-20-6-3-16(4-7-20)5-8-21(27)24-9-11-25(12-10-24)22(28)17-13-18(23(29)33-2)15-19(14-17)26(30)31/h3-4,6-7,13-15H,5,8-12H2,1-2H3. The van der Waals surface area contributed by atoms with E-state index in [1.807, 2.05) is 24.3 Å². The monoisotopic (exact) mass is 455 g/mol. The van der Waals surface area contributed by atoms with Gasteiger partial charge in [0.05, 0.1) is 24.7 Å². The number of methoxy groups -OCH3 is 2. The lowest BCUT2D eigenvalue weighted by Crippen LogP contribution is -2.50. The summed E-state index contributed by atoms with van der Waals surface area (Å²) in [4.78, 5) is 51.1. The lowest BCUT2D eigenvalue weighted by Gasteiger charge is -2.35. The van der Waals surface area contributed by atoms with Crippen molar-refractivity contribution in [3.8, 4) is 5.75 Å². The Morgan fingerprint density at radius 3 is 2.12 bits per heavy atom. The van der Waals surface area contributed by atoms with Crippen molar-refractivity contribution in [1.29, 1.82) is 0 Å². The third-order valence-corrected chi connectivity index (χ3v) is 5.50. The molecule has 2 aromatic rings. The highest BCUT2D eigenvalue weighted by Crippen LogP contribution is 2.20. The number of nitro benzene ring substituents is 1. The number of amides is 2. The Hall–Kier alpha value is -3.95. The maximum atomic E-state index is 12.9. The Kier molecular flexibility index (Phi) is 7.60. The van der Waals surface area contributed by atoms with E-state index in [0.717, 1.165) is 30.6 Å². The summed E-state index contributed by atoms with van der Waals surface area (Å²) in [6.07, 6.45) is 0.958. The lowest BCUT2D eigenvalue weighted by atomic mass is 10.1. The molecule has 1 saturated heterocycles. The molecule has 0 atom stereocenters. The molecule has 0 bridgehead atoms.